The summed E-state index contributed by atoms with van der Waals surface area (Å²) in [7, 11) is 0. The summed E-state index contributed by atoms with van der Waals surface area (Å²) in [6, 6.07) is -0.331. The number of rotatable bonds is 6. The highest BCUT2D eigenvalue weighted by atomic mass is 19.4. The Hall–Kier alpha value is -1.30. The van der Waals surface area contributed by atoms with Crippen LogP contribution in [0.3, 0.4) is 0 Å². The standard InChI is InChI=1S/C12H17F3N2O/c1-3-5-17-11(12(13,14)15)9-6-10(18-4-2)8-16-7-9/h6-8,11,17H,3-5H2,1-2H3. The van der Waals surface area contributed by atoms with E-state index >= 15 is 0 Å². The lowest BCUT2D eigenvalue weighted by molar-refractivity contribution is -0.157. The molecular formula is C12H17F3N2O. The van der Waals surface area contributed by atoms with E-state index in [0.29, 0.717) is 25.3 Å². The van der Waals surface area contributed by atoms with E-state index in [-0.39, 0.29) is 5.56 Å². The van der Waals surface area contributed by atoms with Gasteiger partial charge in [-0.05, 0) is 26.0 Å². The molecule has 0 aliphatic carbocycles. The van der Waals surface area contributed by atoms with Gasteiger partial charge in [-0.25, -0.2) is 0 Å². The maximum absolute atomic E-state index is 12.9. The van der Waals surface area contributed by atoms with Crippen molar-refractivity contribution in [3.63, 3.8) is 0 Å². The third-order valence-electron chi connectivity index (χ3n) is 2.30. The van der Waals surface area contributed by atoms with Crippen LogP contribution in [0.25, 0.3) is 0 Å². The zero-order valence-corrected chi connectivity index (χ0v) is 10.4. The molecule has 1 aromatic heterocycles. The summed E-state index contributed by atoms with van der Waals surface area (Å²) < 4.78 is 43.9. The summed E-state index contributed by atoms with van der Waals surface area (Å²) in [5.41, 5.74) is 0.0712. The number of aromatic nitrogens is 1. The molecule has 0 fully saturated rings. The molecule has 0 radical (unpaired) electrons. The van der Waals surface area contributed by atoms with Gasteiger partial charge < -0.3 is 10.1 Å². The van der Waals surface area contributed by atoms with Crippen LogP contribution in [0.4, 0.5) is 13.2 Å². The molecule has 0 spiro atoms. The van der Waals surface area contributed by atoms with Gasteiger partial charge in [0.1, 0.15) is 11.8 Å². The number of hydrogen-bond donors (Lipinski definition) is 1. The Labute approximate surface area is 104 Å². The molecule has 1 rings (SSSR count). The van der Waals surface area contributed by atoms with Crippen LogP contribution in [0.1, 0.15) is 31.9 Å². The van der Waals surface area contributed by atoms with Crippen molar-refractivity contribution in [3.8, 4) is 5.75 Å². The summed E-state index contributed by atoms with van der Waals surface area (Å²) in [6.45, 7) is 4.27. The van der Waals surface area contributed by atoms with Crippen LogP contribution in [-0.4, -0.2) is 24.3 Å². The van der Waals surface area contributed by atoms with Crippen molar-refractivity contribution in [1.82, 2.24) is 10.3 Å². The molecule has 0 saturated carbocycles. The number of ether oxygens (including phenoxy) is 1. The molecule has 1 N–H and O–H groups in total. The average Bonchev–Trinajstić information content (AvgIpc) is 2.29. The molecule has 1 unspecified atom stereocenters. The van der Waals surface area contributed by atoms with Crippen LogP contribution in [0.15, 0.2) is 18.5 Å². The first kappa shape index (κ1) is 14.8. The Kier molecular flexibility index (Phi) is 5.40. The van der Waals surface area contributed by atoms with Crippen LogP contribution < -0.4 is 10.1 Å². The van der Waals surface area contributed by atoms with Crippen LogP contribution in [-0.2, 0) is 0 Å². The Morgan fingerprint density at radius 2 is 2.06 bits per heavy atom. The normalized spacial score (nSPS) is 13.4. The highest BCUT2D eigenvalue weighted by molar-refractivity contribution is 5.27. The van der Waals surface area contributed by atoms with Gasteiger partial charge >= 0.3 is 6.18 Å². The molecule has 0 aliphatic heterocycles. The molecular weight excluding hydrogens is 245 g/mol. The number of alkyl halides is 3. The van der Waals surface area contributed by atoms with E-state index in [0.717, 1.165) is 0 Å². The van der Waals surface area contributed by atoms with E-state index in [2.05, 4.69) is 10.3 Å². The number of hydrogen-bond acceptors (Lipinski definition) is 3. The molecule has 0 bridgehead atoms. The van der Waals surface area contributed by atoms with Gasteiger partial charge in [0.2, 0.25) is 0 Å². The van der Waals surface area contributed by atoms with Crippen LogP contribution in [0.5, 0.6) is 5.75 Å². The fourth-order valence-electron chi connectivity index (χ4n) is 1.55. The van der Waals surface area contributed by atoms with Crippen molar-refractivity contribution >= 4 is 0 Å². The Morgan fingerprint density at radius 3 is 2.61 bits per heavy atom. The van der Waals surface area contributed by atoms with Gasteiger partial charge in [-0.15, -0.1) is 0 Å². The Balaban J connectivity index is 2.93. The minimum absolute atomic E-state index is 0.0712. The second kappa shape index (κ2) is 6.58. The first-order chi connectivity index (χ1) is 8.49. The quantitative estimate of drug-likeness (QED) is 0.855. The van der Waals surface area contributed by atoms with E-state index in [4.69, 9.17) is 4.74 Å². The number of pyridine rings is 1. The molecule has 0 aliphatic rings. The summed E-state index contributed by atoms with van der Waals surface area (Å²) in [5.74, 6) is 0.350. The fourth-order valence-corrected chi connectivity index (χ4v) is 1.55. The second-order valence-corrected chi connectivity index (χ2v) is 3.82. The van der Waals surface area contributed by atoms with E-state index in [1.54, 1.807) is 6.92 Å². The third-order valence-corrected chi connectivity index (χ3v) is 2.30. The van der Waals surface area contributed by atoms with Gasteiger partial charge in [-0.1, -0.05) is 6.92 Å². The Morgan fingerprint density at radius 1 is 1.33 bits per heavy atom. The predicted octanol–water partition coefficient (Wildman–Crippen LogP) is 3.08. The SMILES string of the molecule is CCCNC(c1cncc(OCC)c1)C(F)(F)F. The minimum atomic E-state index is -4.35. The monoisotopic (exact) mass is 262 g/mol. The maximum atomic E-state index is 12.9. The summed E-state index contributed by atoms with van der Waals surface area (Å²) in [4.78, 5) is 3.78. The summed E-state index contributed by atoms with van der Waals surface area (Å²) in [6.07, 6.45) is -1.10. The summed E-state index contributed by atoms with van der Waals surface area (Å²) in [5, 5.41) is 2.47. The third kappa shape index (κ3) is 4.18. The van der Waals surface area contributed by atoms with Crippen molar-refractivity contribution in [1.29, 1.82) is 0 Å². The molecule has 18 heavy (non-hydrogen) atoms. The molecule has 0 saturated heterocycles. The number of halogens is 3. The largest absolute Gasteiger partial charge is 0.492 e. The van der Waals surface area contributed by atoms with E-state index in [1.165, 1.54) is 18.5 Å². The number of nitrogens with one attached hydrogen (secondary N) is 1. The highest BCUT2D eigenvalue weighted by Crippen LogP contribution is 2.33. The van der Waals surface area contributed by atoms with Crippen molar-refractivity contribution in [2.45, 2.75) is 32.5 Å². The average molecular weight is 262 g/mol. The van der Waals surface area contributed by atoms with Crippen LogP contribution in [0, 0.1) is 0 Å². The number of nitrogens with zero attached hydrogens (tertiary/aromatic N) is 1. The molecule has 0 aromatic carbocycles. The van der Waals surface area contributed by atoms with E-state index in [9.17, 15) is 13.2 Å². The van der Waals surface area contributed by atoms with Crippen molar-refractivity contribution in [2.24, 2.45) is 0 Å². The molecule has 1 atom stereocenters. The van der Waals surface area contributed by atoms with Crippen molar-refractivity contribution in [3.05, 3.63) is 24.0 Å². The molecule has 0 amide bonds. The maximum Gasteiger partial charge on any atom is 0.407 e. The lowest BCUT2D eigenvalue weighted by atomic mass is 10.1. The van der Waals surface area contributed by atoms with E-state index in [1.807, 2.05) is 6.92 Å². The van der Waals surface area contributed by atoms with Gasteiger partial charge in [0, 0.05) is 11.8 Å². The van der Waals surface area contributed by atoms with Crippen molar-refractivity contribution < 1.29 is 17.9 Å². The molecule has 3 nitrogen and oxygen atoms in total. The topological polar surface area (TPSA) is 34.2 Å². The zero-order chi connectivity index (χ0) is 13.6. The smallest absolute Gasteiger partial charge is 0.407 e. The lowest BCUT2D eigenvalue weighted by Crippen LogP contribution is -2.34. The van der Waals surface area contributed by atoms with Gasteiger partial charge in [-0.2, -0.15) is 13.2 Å². The first-order valence-electron chi connectivity index (χ1n) is 5.86. The Bertz CT molecular complexity index is 369. The predicted molar refractivity (Wildman–Crippen MR) is 62.5 cm³/mol. The van der Waals surface area contributed by atoms with Gasteiger partial charge in [0.25, 0.3) is 0 Å². The van der Waals surface area contributed by atoms with Crippen molar-refractivity contribution in [2.75, 3.05) is 13.2 Å². The lowest BCUT2D eigenvalue weighted by Gasteiger charge is -2.22. The first-order valence-corrected chi connectivity index (χ1v) is 5.86. The highest BCUT2D eigenvalue weighted by Gasteiger charge is 2.40. The molecule has 6 heteroatoms. The zero-order valence-electron chi connectivity index (χ0n) is 10.4. The summed E-state index contributed by atoms with van der Waals surface area (Å²) >= 11 is 0. The van der Waals surface area contributed by atoms with Crippen LogP contribution in [0.2, 0.25) is 0 Å². The molecule has 1 heterocycles. The minimum Gasteiger partial charge on any atom is -0.492 e. The van der Waals surface area contributed by atoms with Gasteiger partial charge in [-0.3, -0.25) is 4.98 Å². The van der Waals surface area contributed by atoms with Crippen LogP contribution >= 0.6 is 0 Å². The molecule has 1 aromatic rings. The van der Waals surface area contributed by atoms with E-state index < -0.39 is 12.2 Å². The van der Waals surface area contributed by atoms with Gasteiger partial charge in [0.15, 0.2) is 0 Å². The second-order valence-electron chi connectivity index (χ2n) is 3.82. The molecule has 102 valence electrons. The van der Waals surface area contributed by atoms with Gasteiger partial charge in [0.05, 0.1) is 12.8 Å². The fraction of sp³-hybridized carbons (Fsp3) is 0.583.